The van der Waals surface area contributed by atoms with Gasteiger partial charge in [-0.2, -0.15) is 5.10 Å². The van der Waals surface area contributed by atoms with E-state index in [-0.39, 0.29) is 4.77 Å². The van der Waals surface area contributed by atoms with Gasteiger partial charge in [0.2, 0.25) is 0 Å². The molecule has 0 radical (unpaired) electrons. The van der Waals surface area contributed by atoms with Crippen molar-refractivity contribution in [2.75, 3.05) is 20.7 Å². The molecule has 0 unspecified atom stereocenters. The molecule has 2 heterocycles. The zero-order chi connectivity index (χ0) is 18.2. The first-order valence-electron chi connectivity index (χ1n) is 8.28. The Morgan fingerprint density at radius 2 is 2.24 bits per heavy atom. The van der Waals surface area contributed by atoms with Gasteiger partial charge in [-0.1, -0.05) is 0 Å². The van der Waals surface area contributed by atoms with Crippen LogP contribution in [-0.2, 0) is 11.2 Å². The largest absolute Gasteiger partial charge is 0.423 e. The second-order valence-corrected chi connectivity index (χ2v) is 7.79. The first-order chi connectivity index (χ1) is 12.0. The maximum Gasteiger partial charge on any atom is 0.361 e. The van der Waals surface area contributed by atoms with E-state index < -0.39 is 6.10 Å². The predicted octanol–water partition coefficient (Wildman–Crippen LogP) is 2.15. The van der Waals surface area contributed by atoms with E-state index in [9.17, 15) is 5.11 Å². The van der Waals surface area contributed by atoms with Crippen LogP contribution in [0.25, 0.3) is 11.0 Å². The average molecular weight is 458 g/mol. The molecule has 1 N–H and O–H groups in total. The van der Waals surface area contributed by atoms with Gasteiger partial charge in [0.15, 0.2) is 11.5 Å². The van der Waals surface area contributed by atoms with Crippen molar-refractivity contribution in [1.82, 2.24) is 24.6 Å². The van der Waals surface area contributed by atoms with Crippen molar-refractivity contribution in [2.45, 2.75) is 38.7 Å². The standard InChI is InChI=1S/C15H24BIN6O2/c1-16(17)25-9-12(24)6-4-5-7-23-15-13(8-21-23)14(18-10-19-15)20-11-22(2)3/h8,10-12,24H,4-7,9H2,1-3H3/t12-/m0/s1. The zero-order valence-electron chi connectivity index (χ0n) is 14.8. The number of nitrogens with zero attached hydrogens (tertiary/aromatic N) is 6. The molecule has 0 saturated heterocycles. The Balaban J connectivity index is 1.89. The molecule has 2 rings (SSSR count). The van der Waals surface area contributed by atoms with Crippen LogP contribution >= 0.6 is 22.4 Å². The lowest BCUT2D eigenvalue weighted by molar-refractivity contribution is 0.0994. The Morgan fingerprint density at radius 3 is 2.96 bits per heavy atom. The van der Waals surface area contributed by atoms with Gasteiger partial charge in [0, 0.05) is 20.6 Å². The molecule has 0 bridgehead atoms. The minimum absolute atomic E-state index is 0.117. The molecule has 0 aliphatic heterocycles. The Morgan fingerprint density at radius 1 is 1.44 bits per heavy atom. The van der Waals surface area contributed by atoms with Crippen LogP contribution in [0.15, 0.2) is 17.5 Å². The molecule has 2 aromatic heterocycles. The minimum Gasteiger partial charge on any atom is -0.423 e. The number of aliphatic hydroxyl groups excluding tert-OH is 1. The van der Waals surface area contributed by atoms with Crippen LogP contribution in [-0.4, -0.2) is 67.7 Å². The number of halogens is 1. The van der Waals surface area contributed by atoms with Crippen LogP contribution in [0.3, 0.4) is 0 Å². The van der Waals surface area contributed by atoms with Gasteiger partial charge in [-0.05, 0) is 26.1 Å². The van der Waals surface area contributed by atoms with Crippen LogP contribution < -0.4 is 0 Å². The van der Waals surface area contributed by atoms with Crippen molar-refractivity contribution < 1.29 is 9.76 Å². The lowest BCUT2D eigenvalue weighted by Gasteiger charge is -2.11. The summed E-state index contributed by atoms with van der Waals surface area (Å²) in [7, 11) is 3.82. The normalized spacial score (nSPS) is 12.8. The van der Waals surface area contributed by atoms with Crippen LogP contribution in [0.4, 0.5) is 5.82 Å². The molecule has 0 aliphatic rings. The number of aliphatic imine (C=N–C) groups is 1. The molecular weight excluding hydrogens is 434 g/mol. The maximum atomic E-state index is 9.88. The molecule has 0 aliphatic carbocycles. The van der Waals surface area contributed by atoms with E-state index in [1.165, 1.54) is 6.33 Å². The number of fused-ring (bicyclic) bond motifs is 1. The molecule has 25 heavy (non-hydrogen) atoms. The summed E-state index contributed by atoms with van der Waals surface area (Å²) in [6.45, 7) is 3.08. The van der Waals surface area contributed by atoms with Crippen LogP contribution in [0.2, 0.25) is 6.82 Å². The molecule has 0 saturated carbocycles. The van der Waals surface area contributed by atoms with Crippen molar-refractivity contribution in [3.8, 4) is 0 Å². The van der Waals surface area contributed by atoms with Gasteiger partial charge in [-0.3, -0.25) is 0 Å². The third kappa shape index (κ3) is 6.51. The molecule has 0 amide bonds. The van der Waals surface area contributed by atoms with Gasteiger partial charge in [0.1, 0.15) is 6.33 Å². The van der Waals surface area contributed by atoms with Gasteiger partial charge < -0.3 is 14.7 Å². The fourth-order valence-electron chi connectivity index (χ4n) is 2.29. The second-order valence-electron chi connectivity index (χ2n) is 6.04. The van der Waals surface area contributed by atoms with Crippen LogP contribution in [0, 0.1) is 0 Å². The van der Waals surface area contributed by atoms with Crippen LogP contribution in [0.1, 0.15) is 19.3 Å². The average Bonchev–Trinajstić information content (AvgIpc) is 2.98. The summed E-state index contributed by atoms with van der Waals surface area (Å²) >= 11 is 2.18. The number of aromatic nitrogens is 4. The molecule has 0 spiro atoms. The molecular formula is C15H24BIN6O2. The van der Waals surface area contributed by atoms with E-state index in [4.69, 9.17) is 4.65 Å². The fourth-order valence-corrected chi connectivity index (χ4v) is 2.49. The highest BCUT2D eigenvalue weighted by Crippen LogP contribution is 2.21. The topological polar surface area (TPSA) is 88.7 Å². The quantitative estimate of drug-likeness (QED) is 0.193. The number of unbranched alkanes of at least 4 members (excludes halogenated alkanes) is 1. The van der Waals surface area contributed by atoms with E-state index in [1.807, 2.05) is 30.5 Å². The SMILES string of the molecule is CB(I)OC[C@@H](O)CCCCn1ncc2c(N=CN(C)C)ncnc21. The van der Waals surface area contributed by atoms with E-state index in [0.717, 1.165) is 36.8 Å². The summed E-state index contributed by atoms with van der Waals surface area (Å²) in [5, 5.41) is 15.1. The Kier molecular flexibility index (Phi) is 8.04. The monoisotopic (exact) mass is 458 g/mol. The molecule has 1 atom stereocenters. The Labute approximate surface area is 161 Å². The summed E-state index contributed by atoms with van der Waals surface area (Å²) in [5.41, 5.74) is 0.781. The Hall–Kier alpha value is -1.27. The summed E-state index contributed by atoms with van der Waals surface area (Å²) in [6, 6.07) is 0. The number of hydrogen-bond donors (Lipinski definition) is 1. The van der Waals surface area contributed by atoms with Crippen molar-refractivity contribution in [3.63, 3.8) is 0 Å². The maximum absolute atomic E-state index is 9.88. The van der Waals surface area contributed by atoms with E-state index in [2.05, 4.69) is 42.4 Å². The number of hydrogen-bond acceptors (Lipinski definition) is 6. The van der Waals surface area contributed by atoms with Gasteiger partial charge in [0.05, 0.1) is 30.6 Å². The molecule has 2 aromatic rings. The smallest absolute Gasteiger partial charge is 0.361 e. The molecule has 8 nitrogen and oxygen atoms in total. The lowest BCUT2D eigenvalue weighted by Crippen LogP contribution is -2.19. The first-order valence-corrected chi connectivity index (χ1v) is 9.53. The van der Waals surface area contributed by atoms with Gasteiger partial charge >= 0.3 is 4.77 Å². The van der Waals surface area contributed by atoms with Crippen LogP contribution in [0.5, 0.6) is 0 Å². The third-order valence-electron chi connectivity index (χ3n) is 3.50. The molecule has 136 valence electrons. The summed E-state index contributed by atoms with van der Waals surface area (Å²) in [6.07, 6.45) is 7.08. The molecule has 10 heteroatoms. The second kappa shape index (κ2) is 10.0. The van der Waals surface area contributed by atoms with Gasteiger partial charge in [-0.15, -0.1) is 22.4 Å². The van der Waals surface area contributed by atoms with Crippen molar-refractivity contribution >= 4 is 50.3 Å². The predicted molar refractivity (Wildman–Crippen MR) is 109 cm³/mol. The fraction of sp³-hybridized carbons (Fsp3) is 0.600. The number of rotatable bonds is 10. The molecule has 0 fully saturated rings. The third-order valence-corrected chi connectivity index (χ3v) is 3.86. The lowest BCUT2D eigenvalue weighted by atomic mass is 10.1. The van der Waals surface area contributed by atoms with Crippen molar-refractivity contribution in [1.29, 1.82) is 0 Å². The van der Waals surface area contributed by atoms with Crippen molar-refractivity contribution in [3.05, 3.63) is 12.5 Å². The summed E-state index contributed by atoms with van der Waals surface area (Å²) in [5.74, 6) is 0.616. The summed E-state index contributed by atoms with van der Waals surface area (Å²) in [4.78, 5) is 14.7. The minimum atomic E-state index is -0.416. The zero-order valence-corrected chi connectivity index (χ0v) is 17.0. The Bertz CT molecular complexity index is 694. The molecule has 0 aromatic carbocycles. The highest BCUT2D eigenvalue weighted by molar-refractivity contribution is 14.1. The van der Waals surface area contributed by atoms with Gasteiger partial charge in [0.25, 0.3) is 0 Å². The van der Waals surface area contributed by atoms with E-state index in [1.54, 1.807) is 12.5 Å². The van der Waals surface area contributed by atoms with Gasteiger partial charge in [-0.25, -0.2) is 19.6 Å². The van der Waals surface area contributed by atoms with E-state index in [0.29, 0.717) is 12.4 Å². The van der Waals surface area contributed by atoms with E-state index >= 15 is 0 Å². The number of aliphatic hydroxyl groups is 1. The summed E-state index contributed by atoms with van der Waals surface area (Å²) < 4.78 is 7.38. The first kappa shape index (κ1) is 20.1. The van der Waals surface area contributed by atoms with Crippen molar-refractivity contribution in [2.24, 2.45) is 4.99 Å². The highest BCUT2D eigenvalue weighted by atomic mass is 127. The highest BCUT2D eigenvalue weighted by Gasteiger charge is 2.10. The number of aryl methyl sites for hydroxylation is 1.